The minimum Gasteiger partial charge on any atom is -0.492 e. The number of hydrogen-bond donors (Lipinski definition) is 2. The molecule has 0 unspecified atom stereocenters. The van der Waals surface area contributed by atoms with Crippen LogP contribution in [-0.2, 0) is 9.59 Å². The maximum absolute atomic E-state index is 12.4. The summed E-state index contributed by atoms with van der Waals surface area (Å²) in [5.74, 6) is 0.284. The molecule has 0 aliphatic rings. The van der Waals surface area contributed by atoms with Gasteiger partial charge in [-0.15, -0.1) is 0 Å². The highest BCUT2D eigenvalue weighted by Crippen LogP contribution is 2.26. The van der Waals surface area contributed by atoms with Crippen molar-refractivity contribution in [2.24, 2.45) is 11.3 Å². The van der Waals surface area contributed by atoms with Gasteiger partial charge < -0.3 is 15.4 Å². The van der Waals surface area contributed by atoms with Crippen LogP contribution >= 0.6 is 0 Å². The second kappa shape index (κ2) is 7.82. The van der Waals surface area contributed by atoms with Crippen LogP contribution < -0.4 is 15.4 Å². The van der Waals surface area contributed by atoms with Crippen molar-refractivity contribution < 1.29 is 14.3 Å². The minimum absolute atomic E-state index is 0.285. The molecule has 0 aliphatic carbocycles. The van der Waals surface area contributed by atoms with Crippen molar-refractivity contribution in [3.63, 3.8) is 0 Å². The van der Waals surface area contributed by atoms with E-state index in [4.69, 9.17) is 4.74 Å². The summed E-state index contributed by atoms with van der Waals surface area (Å²) in [4.78, 5) is 24.7. The van der Waals surface area contributed by atoms with Crippen molar-refractivity contribution in [2.45, 2.75) is 34.6 Å². The summed E-state index contributed by atoms with van der Waals surface area (Å²) in [6.45, 7) is 10.2. The molecule has 1 aromatic rings. The molecule has 0 aromatic heterocycles. The van der Waals surface area contributed by atoms with Crippen molar-refractivity contribution in [2.75, 3.05) is 18.5 Å². The van der Waals surface area contributed by atoms with E-state index in [9.17, 15) is 9.59 Å². The molecule has 22 heavy (non-hydrogen) atoms. The van der Waals surface area contributed by atoms with Crippen LogP contribution in [0.15, 0.2) is 24.3 Å². The van der Waals surface area contributed by atoms with Gasteiger partial charge in [-0.25, -0.2) is 0 Å². The van der Waals surface area contributed by atoms with E-state index in [-0.39, 0.29) is 11.8 Å². The monoisotopic (exact) mass is 306 g/mol. The quantitative estimate of drug-likeness (QED) is 0.761. The van der Waals surface area contributed by atoms with Crippen LogP contribution in [0.1, 0.15) is 34.6 Å². The van der Waals surface area contributed by atoms with E-state index < -0.39 is 5.41 Å². The molecule has 0 aliphatic heterocycles. The van der Waals surface area contributed by atoms with E-state index in [1.807, 2.05) is 32.9 Å². The number of nitrogens with one attached hydrogen (secondary N) is 2. The third kappa shape index (κ3) is 4.76. The van der Waals surface area contributed by atoms with Crippen LogP contribution in [0.4, 0.5) is 5.69 Å². The maximum Gasteiger partial charge on any atom is 0.239 e. The fourth-order valence-corrected chi connectivity index (χ4v) is 1.75. The molecule has 2 N–H and O–H groups in total. The van der Waals surface area contributed by atoms with E-state index in [0.29, 0.717) is 30.5 Å². The summed E-state index contributed by atoms with van der Waals surface area (Å²) in [7, 11) is 0. The number of anilines is 1. The number of ether oxygens (including phenoxy) is 1. The predicted molar refractivity (Wildman–Crippen MR) is 87.9 cm³/mol. The number of amides is 2. The molecule has 0 heterocycles. The molecule has 5 heteroatoms. The van der Waals surface area contributed by atoms with Crippen LogP contribution in [0, 0.1) is 11.3 Å². The number of para-hydroxylation sites is 2. The Labute approximate surface area is 132 Å². The first-order chi connectivity index (χ1) is 10.3. The molecule has 0 atom stereocenters. The van der Waals surface area contributed by atoms with E-state index in [0.717, 1.165) is 0 Å². The number of carbonyl (C=O) groups is 2. The summed E-state index contributed by atoms with van der Waals surface area (Å²) < 4.78 is 5.47. The summed E-state index contributed by atoms with van der Waals surface area (Å²) >= 11 is 0. The van der Waals surface area contributed by atoms with Gasteiger partial charge in [0.05, 0.1) is 12.3 Å². The van der Waals surface area contributed by atoms with Gasteiger partial charge >= 0.3 is 0 Å². The Balaban J connectivity index is 2.80. The second-order valence-electron chi connectivity index (χ2n) is 6.11. The Hall–Kier alpha value is -2.04. The molecule has 0 radical (unpaired) electrons. The molecule has 2 amide bonds. The Kier molecular flexibility index (Phi) is 6.40. The lowest BCUT2D eigenvalue weighted by Crippen LogP contribution is -2.46. The molecule has 5 nitrogen and oxygen atoms in total. The first-order valence-corrected chi connectivity index (χ1v) is 7.60. The zero-order chi connectivity index (χ0) is 16.8. The average molecular weight is 306 g/mol. The first-order valence-electron chi connectivity index (χ1n) is 7.60. The van der Waals surface area contributed by atoms with Crippen LogP contribution in [0.25, 0.3) is 0 Å². The zero-order valence-corrected chi connectivity index (χ0v) is 14.0. The number of carbonyl (C=O) groups excluding carboxylic acids is 2. The fourth-order valence-electron chi connectivity index (χ4n) is 1.75. The molecule has 0 bridgehead atoms. The summed E-state index contributed by atoms with van der Waals surface area (Å²) in [5, 5.41) is 5.58. The molecule has 1 rings (SSSR count). The van der Waals surface area contributed by atoms with Gasteiger partial charge in [0.25, 0.3) is 0 Å². The highest BCUT2D eigenvalue weighted by atomic mass is 16.5. The molecular formula is C17H26N2O3. The van der Waals surface area contributed by atoms with Gasteiger partial charge in [0.2, 0.25) is 11.8 Å². The Bertz CT molecular complexity index is 524. The first kappa shape index (κ1) is 18.0. The second-order valence-corrected chi connectivity index (χ2v) is 6.11. The third-order valence-corrected chi connectivity index (χ3v) is 3.24. The predicted octanol–water partition coefficient (Wildman–Crippen LogP) is 2.82. The molecule has 122 valence electrons. The standard InChI is InChI=1S/C17H26N2O3/c1-6-22-14-10-8-7-9-13(14)19-16(21)17(4,5)15(20)18-11-12(2)3/h7-10,12H,6,11H2,1-5H3,(H,18,20)(H,19,21). The van der Waals surface area contributed by atoms with Crippen molar-refractivity contribution in [3.8, 4) is 5.75 Å². The normalized spacial score (nSPS) is 11.2. The molecule has 0 saturated heterocycles. The van der Waals surface area contributed by atoms with Crippen molar-refractivity contribution in [1.82, 2.24) is 5.32 Å². The smallest absolute Gasteiger partial charge is 0.239 e. The Morgan fingerprint density at radius 2 is 1.82 bits per heavy atom. The fraction of sp³-hybridized carbons (Fsp3) is 0.529. The molecule has 1 aromatic carbocycles. The lowest BCUT2D eigenvalue weighted by Gasteiger charge is -2.24. The lowest BCUT2D eigenvalue weighted by molar-refractivity contribution is -0.138. The molecule has 0 saturated carbocycles. The van der Waals surface area contributed by atoms with Gasteiger partial charge in [-0.05, 0) is 38.8 Å². The molecule has 0 fully saturated rings. The Morgan fingerprint density at radius 1 is 1.18 bits per heavy atom. The lowest BCUT2D eigenvalue weighted by atomic mass is 9.90. The van der Waals surface area contributed by atoms with E-state index >= 15 is 0 Å². The number of benzene rings is 1. The van der Waals surface area contributed by atoms with Crippen molar-refractivity contribution in [3.05, 3.63) is 24.3 Å². The van der Waals surface area contributed by atoms with Crippen LogP contribution in [0.2, 0.25) is 0 Å². The van der Waals surface area contributed by atoms with E-state index in [1.165, 1.54) is 0 Å². The average Bonchev–Trinajstić information content (AvgIpc) is 2.46. The zero-order valence-electron chi connectivity index (χ0n) is 14.0. The van der Waals surface area contributed by atoms with E-state index in [1.54, 1.807) is 26.0 Å². The highest BCUT2D eigenvalue weighted by molar-refractivity contribution is 6.10. The van der Waals surface area contributed by atoms with Gasteiger partial charge in [0.15, 0.2) is 0 Å². The Morgan fingerprint density at radius 3 is 2.41 bits per heavy atom. The molecular weight excluding hydrogens is 280 g/mol. The van der Waals surface area contributed by atoms with Gasteiger partial charge in [-0.3, -0.25) is 9.59 Å². The van der Waals surface area contributed by atoms with Crippen LogP contribution in [0.5, 0.6) is 5.75 Å². The topological polar surface area (TPSA) is 67.4 Å². The van der Waals surface area contributed by atoms with Gasteiger partial charge in [-0.2, -0.15) is 0 Å². The van der Waals surface area contributed by atoms with Crippen LogP contribution in [-0.4, -0.2) is 25.0 Å². The third-order valence-electron chi connectivity index (χ3n) is 3.24. The van der Waals surface area contributed by atoms with Gasteiger partial charge in [0.1, 0.15) is 11.2 Å². The SMILES string of the molecule is CCOc1ccccc1NC(=O)C(C)(C)C(=O)NCC(C)C. The summed E-state index contributed by atoms with van der Waals surface area (Å²) in [5.41, 5.74) is -0.590. The van der Waals surface area contributed by atoms with Crippen molar-refractivity contribution in [1.29, 1.82) is 0 Å². The van der Waals surface area contributed by atoms with Gasteiger partial charge in [-0.1, -0.05) is 26.0 Å². The maximum atomic E-state index is 12.4. The van der Waals surface area contributed by atoms with Crippen LogP contribution in [0.3, 0.4) is 0 Å². The van der Waals surface area contributed by atoms with Gasteiger partial charge in [0, 0.05) is 6.54 Å². The summed E-state index contributed by atoms with van der Waals surface area (Å²) in [6, 6.07) is 7.18. The number of rotatable bonds is 7. The van der Waals surface area contributed by atoms with E-state index in [2.05, 4.69) is 10.6 Å². The highest BCUT2D eigenvalue weighted by Gasteiger charge is 2.36. The summed E-state index contributed by atoms with van der Waals surface area (Å²) in [6.07, 6.45) is 0. The molecule has 0 spiro atoms. The largest absolute Gasteiger partial charge is 0.492 e. The van der Waals surface area contributed by atoms with Crippen molar-refractivity contribution >= 4 is 17.5 Å². The minimum atomic E-state index is -1.16. The number of hydrogen-bond acceptors (Lipinski definition) is 3.